The molecule has 0 bridgehead atoms. The minimum absolute atomic E-state index is 0.0113. The van der Waals surface area contributed by atoms with Crippen LogP contribution in [0.4, 0.5) is 13.2 Å². The molecule has 4 nitrogen and oxygen atoms in total. The SMILES string of the molecule is O=c1[nH][nH]c2c1cnc1c(F)c(F)c(F)cc12. The van der Waals surface area contributed by atoms with Crippen LogP contribution in [0.1, 0.15) is 0 Å². The first-order valence-corrected chi connectivity index (χ1v) is 4.62. The summed E-state index contributed by atoms with van der Waals surface area (Å²) in [7, 11) is 0. The van der Waals surface area contributed by atoms with E-state index in [1.54, 1.807) is 0 Å². The van der Waals surface area contributed by atoms with Gasteiger partial charge in [0, 0.05) is 11.6 Å². The van der Waals surface area contributed by atoms with Crippen LogP contribution in [0.2, 0.25) is 0 Å². The number of aromatic amines is 2. The molecule has 2 N–H and O–H groups in total. The van der Waals surface area contributed by atoms with Crippen LogP contribution in [0.25, 0.3) is 21.8 Å². The molecule has 0 aliphatic carbocycles. The summed E-state index contributed by atoms with van der Waals surface area (Å²) in [5.74, 6) is -4.28. The molecule has 0 saturated carbocycles. The minimum atomic E-state index is -1.58. The zero-order valence-corrected chi connectivity index (χ0v) is 8.14. The van der Waals surface area contributed by atoms with Gasteiger partial charge in [-0.3, -0.25) is 20.0 Å². The maximum absolute atomic E-state index is 13.4. The summed E-state index contributed by atoms with van der Waals surface area (Å²) in [6.45, 7) is 0. The summed E-state index contributed by atoms with van der Waals surface area (Å²) in [4.78, 5) is 14.9. The molecule has 0 unspecified atom stereocenters. The van der Waals surface area contributed by atoms with Crippen LogP contribution in [0.3, 0.4) is 0 Å². The lowest BCUT2D eigenvalue weighted by molar-refractivity contribution is 0.452. The first-order valence-electron chi connectivity index (χ1n) is 4.62. The molecule has 3 aromatic rings. The molecule has 2 aromatic heterocycles. The summed E-state index contributed by atoms with van der Waals surface area (Å²) < 4.78 is 39.5. The average Bonchev–Trinajstić information content (AvgIpc) is 2.69. The normalized spacial score (nSPS) is 11.5. The van der Waals surface area contributed by atoms with Crippen molar-refractivity contribution in [3.63, 3.8) is 0 Å². The van der Waals surface area contributed by atoms with Crippen molar-refractivity contribution in [1.82, 2.24) is 15.2 Å². The van der Waals surface area contributed by atoms with Crippen LogP contribution in [0.15, 0.2) is 17.1 Å². The van der Waals surface area contributed by atoms with Crippen molar-refractivity contribution in [3.05, 3.63) is 40.1 Å². The van der Waals surface area contributed by atoms with Gasteiger partial charge in [-0.1, -0.05) is 0 Å². The molecule has 7 heteroatoms. The molecular formula is C10H4F3N3O. The maximum Gasteiger partial charge on any atom is 0.273 e. The Labute approximate surface area is 91.1 Å². The van der Waals surface area contributed by atoms with Crippen LogP contribution in [0, 0.1) is 17.5 Å². The second kappa shape index (κ2) is 3.09. The lowest BCUT2D eigenvalue weighted by Gasteiger charge is -2.01. The monoisotopic (exact) mass is 239 g/mol. The molecule has 86 valence electrons. The Morgan fingerprint density at radius 3 is 2.59 bits per heavy atom. The van der Waals surface area contributed by atoms with Crippen LogP contribution in [-0.4, -0.2) is 15.2 Å². The van der Waals surface area contributed by atoms with Crippen LogP contribution < -0.4 is 5.56 Å². The number of aromatic nitrogens is 3. The van der Waals surface area contributed by atoms with Crippen molar-refractivity contribution >= 4 is 21.8 Å². The predicted octanol–water partition coefficient (Wildman–Crippen LogP) is 1.82. The molecular weight excluding hydrogens is 235 g/mol. The highest BCUT2D eigenvalue weighted by Gasteiger charge is 2.17. The fraction of sp³-hybridized carbons (Fsp3) is 0. The summed E-state index contributed by atoms with van der Waals surface area (Å²) in [5.41, 5.74) is -0.594. The van der Waals surface area contributed by atoms with Crippen molar-refractivity contribution in [2.45, 2.75) is 0 Å². The largest absolute Gasteiger partial charge is 0.297 e. The van der Waals surface area contributed by atoms with Crippen molar-refractivity contribution in [2.24, 2.45) is 0 Å². The van der Waals surface area contributed by atoms with Gasteiger partial charge in [-0.05, 0) is 6.07 Å². The highest BCUT2D eigenvalue weighted by molar-refractivity contribution is 6.02. The summed E-state index contributed by atoms with van der Waals surface area (Å²) in [6.07, 6.45) is 1.10. The fourth-order valence-corrected chi connectivity index (χ4v) is 1.73. The zero-order valence-electron chi connectivity index (χ0n) is 8.14. The van der Waals surface area contributed by atoms with E-state index in [0.29, 0.717) is 0 Å². The quantitative estimate of drug-likeness (QED) is 0.588. The molecule has 0 radical (unpaired) electrons. The van der Waals surface area contributed by atoms with Gasteiger partial charge in [0.25, 0.3) is 5.56 Å². The standard InChI is InChI=1S/C10H4F3N3O/c11-5-1-3-8-4(10(17)16-15-8)2-14-9(3)7(13)6(5)12/h1-2H,(H2,15,16,17). The third-order valence-corrected chi connectivity index (χ3v) is 2.54. The smallest absolute Gasteiger partial charge is 0.273 e. The van der Waals surface area contributed by atoms with Gasteiger partial charge in [0.15, 0.2) is 17.5 Å². The van der Waals surface area contributed by atoms with E-state index in [0.717, 1.165) is 12.3 Å². The molecule has 0 aliphatic heterocycles. The Hall–Kier alpha value is -2.31. The molecule has 0 atom stereocenters. The Bertz CT molecular complexity index is 806. The van der Waals surface area contributed by atoms with Gasteiger partial charge < -0.3 is 0 Å². The van der Waals surface area contributed by atoms with Crippen LogP contribution >= 0.6 is 0 Å². The summed E-state index contributed by atoms with van der Waals surface area (Å²) in [5, 5.41) is 4.90. The number of hydrogen-bond donors (Lipinski definition) is 2. The van der Waals surface area contributed by atoms with Gasteiger partial charge in [-0.25, -0.2) is 13.2 Å². The number of halogens is 3. The molecule has 0 aliphatic rings. The molecule has 0 fully saturated rings. The number of nitrogens with zero attached hydrogens (tertiary/aromatic N) is 1. The van der Waals surface area contributed by atoms with Gasteiger partial charge in [0.05, 0.1) is 10.9 Å². The average molecular weight is 239 g/mol. The number of nitrogens with one attached hydrogen (secondary N) is 2. The van der Waals surface area contributed by atoms with E-state index in [1.165, 1.54) is 0 Å². The molecule has 0 spiro atoms. The number of hydrogen-bond acceptors (Lipinski definition) is 2. The van der Waals surface area contributed by atoms with E-state index in [2.05, 4.69) is 15.2 Å². The molecule has 1 aromatic carbocycles. The topological polar surface area (TPSA) is 61.5 Å². The summed E-state index contributed by atoms with van der Waals surface area (Å²) >= 11 is 0. The maximum atomic E-state index is 13.4. The van der Waals surface area contributed by atoms with Gasteiger partial charge in [-0.2, -0.15) is 0 Å². The third kappa shape index (κ3) is 1.19. The Morgan fingerprint density at radius 1 is 1.06 bits per heavy atom. The Kier molecular flexibility index (Phi) is 1.80. The van der Waals surface area contributed by atoms with Gasteiger partial charge in [0.2, 0.25) is 0 Å². The molecule has 0 amide bonds. The highest BCUT2D eigenvalue weighted by atomic mass is 19.2. The first-order chi connectivity index (χ1) is 8.09. The van der Waals surface area contributed by atoms with E-state index in [9.17, 15) is 18.0 Å². The second-order valence-corrected chi connectivity index (χ2v) is 3.51. The van der Waals surface area contributed by atoms with E-state index in [4.69, 9.17) is 0 Å². The Morgan fingerprint density at radius 2 is 1.82 bits per heavy atom. The van der Waals surface area contributed by atoms with E-state index >= 15 is 0 Å². The summed E-state index contributed by atoms with van der Waals surface area (Å²) in [6, 6.07) is 0.798. The second-order valence-electron chi connectivity index (χ2n) is 3.51. The van der Waals surface area contributed by atoms with E-state index in [-0.39, 0.29) is 21.8 Å². The lowest BCUT2D eigenvalue weighted by atomic mass is 10.1. The lowest BCUT2D eigenvalue weighted by Crippen LogP contribution is -1.99. The van der Waals surface area contributed by atoms with Crippen molar-refractivity contribution in [3.8, 4) is 0 Å². The van der Waals surface area contributed by atoms with Gasteiger partial charge in [-0.15, -0.1) is 0 Å². The fourth-order valence-electron chi connectivity index (χ4n) is 1.73. The molecule has 0 saturated heterocycles. The number of pyridine rings is 1. The zero-order chi connectivity index (χ0) is 12.2. The first kappa shape index (κ1) is 9.88. The van der Waals surface area contributed by atoms with Crippen LogP contribution in [-0.2, 0) is 0 Å². The van der Waals surface area contributed by atoms with Gasteiger partial charge >= 0.3 is 0 Å². The van der Waals surface area contributed by atoms with Crippen molar-refractivity contribution in [1.29, 1.82) is 0 Å². The minimum Gasteiger partial charge on any atom is -0.297 e. The van der Waals surface area contributed by atoms with E-state index < -0.39 is 23.0 Å². The highest BCUT2D eigenvalue weighted by Crippen LogP contribution is 2.25. The van der Waals surface area contributed by atoms with E-state index in [1.807, 2.05) is 0 Å². The van der Waals surface area contributed by atoms with Crippen molar-refractivity contribution in [2.75, 3.05) is 0 Å². The molecule has 3 rings (SSSR count). The number of fused-ring (bicyclic) bond motifs is 3. The van der Waals surface area contributed by atoms with Crippen molar-refractivity contribution < 1.29 is 13.2 Å². The third-order valence-electron chi connectivity index (χ3n) is 2.54. The number of rotatable bonds is 0. The van der Waals surface area contributed by atoms with Crippen LogP contribution in [0.5, 0.6) is 0 Å². The molecule has 17 heavy (non-hydrogen) atoms. The number of H-pyrrole nitrogens is 2. The number of benzene rings is 1. The van der Waals surface area contributed by atoms with Gasteiger partial charge in [0.1, 0.15) is 5.52 Å². The molecule has 2 heterocycles. The predicted molar refractivity (Wildman–Crippen MR) is 54.1 cm³/mol. The Balaban J connectivity index is 2.64.